The van der Waals surface area contributed by atoms with E-state index in [4.69, 9.17) is 4.98 Å². The predicted molar refractivity (Wildman–Crippen MR) is 74.6 cm³/mol. The number of piperazine rings is 1. The van der Waals surface area contributed by atoms with Crippen LogP contribution in [-0.4, -0.2) is 53.6 Å². The van der Waals surface area contributed by atoms with Gasteiger partial charge in [0.15, 0.2) is 0 Å². The Morgan fingerprint density at radius 2 is 1.89 bits per heavy atom. The first-order chi connectivity index (χ1) is 9.13. The number of hydrogen-bond acceptors (Lipinski definition) is 2. The highest BCUT2D eigenvalue weighted by atomic mass is 15.4. The van der Waals surface area contributed by atoms with Gasteiger partial charge in [0, 0.05) is 19.6 Å². The maximum atomic E-state index is 4.79. The van der Waals surface area contributed by atoms with Crippen LogP contribution in [0, 0.1) is 14.1 Å². The largest absolute Gasteiger partial charge is 0.462 e. The molecule has 1 fully saturated rings. The van der Waals surface area contributed by atoms with Crippen LogP contribution in [0.3, 0.4) is 0 Å². The maximum absolute atomic E-state index is 4.79. The normalized spacial score (nSPS) is 35.5. The Hall–Kier alpha value is -0.970. The van der Waals surface area contributed by atoms with Gasteiger partial charge in [-0.25, -0.2) is 4.98 Å². The number of hydrogen-bond donors (Lipinski definition) is 1. The third-order valence-electron chi connectivity index (χ3n) is 4.36. The Morgan fingerprint density at radius 3 is 2.68 bits per heavy atom. The SMILES string of the molecule is [CH2-][NH+]1CCN2CC[N+]([CH2-])(CC2)Cc2cccc(n2)C1. The van der Waals surface area contributed by atoms with Crippen molar-refractivity contribution in [2.24, 2.45) is 0 Å². The van der Waals surface area contributed by atoms with Crippen LogP contribution >= 0.6 is 0 Å². The summed E-state index contributed by atoms with van der Waals surface area (Å²) in [5, 5.41) is 0. The van der Waals surface area contributed by atoms with E-state index in [9.17, 15) is 0 Å². The average molecular weight is 260 g/mol. The number of nitrogens with one attached hydrogen (secondary N) is 1. The van der Waals surface area contributed by atoms with E-state index in [0.29, 0.717) is 0 Å². The molecule has 0 amide bonds. The summed E-state index contributed by atoms with van der Waals surface area (Å²) in [5.74, 6) is 0. The van der Waals surface area contributed by atoms with Crippen molar-refractivity contribution < 1.29 is 9.38 Å². The Morgan fingerprint density at radius 1 is 1.16 bits per heavy atom. The monoisotopic (exact) mass is 260 g/mol. The van der Waals surface area contributed by atoms with Gasteiger partial charge in [0.05, 0.1) is 44.1 Å². The highest BCUT2D eigenvalue weighted by Crippen LogP contribution is 2.16. The quantitative estimate of drug-likeness (QED) is 0.510. The molecular weight excluding hydrogens is 236 g/mol. The zero-order chi connectivity index (χ0) is 13.3. The fraction of sp³-hybridized carbons (Fsp3) is 0.533. The van der Waals surface area contributed by atoms with Crippen molar-refractivity contribution in [1.29, 1.82) is 0 Å². The molecule has 19 heavy (non-hydrogen) atoms. The molecule has 4 heterocycles. The summed E-state index contributed by atoms with van der Waals surface area (Å²) in [6.07, 6.45) is 0. The van der Waals surface area contributed by atoms with Gasteiger partial charge in [-0.2, -0.15) is 7.05 Å². The van der Waals surface area contributed by atoms with Gasteiger partial charge in [-0.1, -0.05) is 6.07 Å². The molecule has 4 bridgehead atoms. The van der Waals surface area contributed by atoms with Crippen molar-refractivity contribution in [3.8, 4) is 0 Å². The molecule has 3 aliphatic heterocycles. The van der Waals surface area contributed by atoms with E-state index in [0.717, 1.165) is 62.5 Å². The Labute approximate surface area is 116 Å². The molecule has 3 aliphatic rings. The fourth-order valence-corrected chi connectivity index (χ4v) is 3.03. The highest BCUT2D eigenvalue weighted by molar-refractivity contribution is 5.10. The molecule has 0 aromatic carbocycles. The lowest BCUT2D eigenvalue weighted by Crippen LogP contribution is -3.06. The third kappa shape index (κ3) is 3.14. The first-order valence-electron chi connectivity index (χ1n) is 7.17. The average Bonchev–Trinajstić information content (AvgIpc) is 2.37. The van der Waals surface area contributed by atoms with Crippen LogP contribution < -0.4 is 4.90 Å². The summed E-state index contributed by atoms with van der Waals surface area (Å²) in [4.78, 5) is 8.64. The van der Waals surface area contributed by atoms with E-state index in [1.165, 1.54) is 10.6 Å². The van der Waals surface area contributed by atoms with Crippen molar-refractivity contribution in [2.75, 3.05) is 39.3 Å². The summed E-state index contributed by atoms with van der Waals surface area (Å²) < 4.78 is 0.883. The second-order valence-corrected chi connectivity index (χ2v) is 6.09. The molecule has 0 aliphatic carbocycles. The van der Waals surface area contributed by atoms with Crippen molar-refractivity contribution >= 4 is 0 Å². The molecule has 1 aromatic heterocycles. The van der Waals surface area contributed by atoms with Crippen LogP contribution in [0.1, 0.15) is 11.4 Å². The molecule has 1 unspecified atom stereocenters. The lowest BCUT2D eigenvalue weighted by atomic mass is 10.2. The number of quaternary nitrogens is 2. The number of rotatable bonds is 0. The van der Waals surface area contributed by atoms with Crippen molar-refractivity contribution in [3.05, 3.63) is 43.7 Å². The zero-order valence-corrected chi connectivity index (χ0v) is 11.6. The molecule has 4 nitrogen and oxygen atoms in total. The van der Waals surface area contributed by atoms with Gasteiger partial charge >= 0.3 is 0 Å². The van der Waals surface area contributed by atoms with Gasteiger partial charge in [0.25, 0.3) is 0 Å². The van der Waals surface area contributed by atoms with Gasteiger partial charge < -0.3 is 9.38 Å². The summed E-state index contributed by atoms with van der Waals surface area (Å²) >= 11 is 0. The van der Waals surface area contributed by atoms with Crippen LogP contribution in [0.15, 0.2) is 18.2 Å². The molecule has 0 spiro atoms. The molecule has 0 saturated carbocycles. The molecule has 1 atom stereocenters. The van der Waals surface area contributed by atoms with Gasteiger partial charge in [-0.05, 0) is 12.1 Å². The van der Waals surface area contributed by atoms with Crippen LogP contribution in [0.4, 0.5) is 0 Å². The fourth-order valence-electron chi connectivity index (χ4n) is 3.03. The molecule has 104 valence electrons. The number of pyridine rings is 1. The minimum atomic E-state index is 0.883. The van der Waals surface area contributed by atoms with Gasteiger partial charge in [0.2, 0.25) is 0 Å². The van der Waals surface area contributed by atoms with E-state index < -0.39 is 0 Å². The number of fused-ring (bicyclic) bond motifs is 5. The molecular formula is C15H24N4. The minimum Gasteiger partial charge on any atom is -0.462 e. The smallest absolute Gasteiger partial charge is 0.0976 e. The maximum Gasteiger partial charge on any atom is 0.0976 e. The molecule has 1 saturated heterocycles. The summed E-state index contributed by atoms with van der Waals surface area (Å²) in [6.45, 7) is 8.64. The lowest BCUT2D eigenvalue weighted by Gasteiger charge is -2.48. The highest BCUT2D eigenvalue weighted by Gasteiger charge is 2.25. The van der Waals surface area contributed by atoms with Gasteiger partial charge in [-0.15, -0.1) is 7.05 Å². The van der Waals surface area contributed by atoms with Crippen LogP contribution in [0.2, 0.25) is 0 Å². The van der Waals surface area contributed by atoms with Crippen LogP contribution in [0.25, 0.3) is 0 Å². The molecule has 1 N–H and O–H groups in total. The molecule has 4 rings (SSSR count). The third-order valence-corrected chi connectivity index (χ3v) is 4.36. The van der Waals surface area contributed by atoms with Crippen LogP contribution in [0.5, 0.6) is 0 Å². The van der Waals surface area contributed by atoms with Crippen molar-refractivity contribution in [3.63, 3.8) is 0 Å². The first-order valence-corrected chi connectivity index (χ1v) is 7.17. The van der Waals surface area contributed by atoms with Crippen molar-refractivity contribution in [2.45, 2.75) is 13.1 Å². The van der Waals surface area contributed by atoms with Crippen molar-refractivity contribution in [1.82, 2.24) is 9.88 Å². The Balaban J connectivity index is 1.87. The number of nitrogens with zero attached hydrogens (tertiary/aromatic N) is 3. The van der Waals surface area contributed by atoms with Crippen LogP contribution in [-0.2, 0) is 13.1 Å². The van der Waals surface area contributed by atoms with Gasteiger partial charge in [-0.3, -0.25) is 4.90 Å². The first kappa shape index (κ1) is 13.0. The number of aromatic nitrogens is 1. The molecule has 4 heteroatoms. The predicted octanol–water partition coefficient (Wildman–Crippen LogP) is -0.304. The summed E-state index contributed by atoms with van der Waals surface area (Å²) in [5.41, 5.74) is 2.33. The molecule has 0 radical (unpaired) electrons. The zero-order valence-electron chi connectivity index (χ0n) is 11.6. The Bertz CT molecular complexity index is 435. The second-order valence-electron chi connectivity index (χ2n) is 6.09. The van der Waals surface area contributed by atoms with Gasteiger partial charge in [0.1, 0.15) is 0 Å². The van der Waals surface area contributed by atoms with E-state index >= 15 is 0 Å². The topological polar surface area (TPSA) is 20.6 Å². The molecule has 1 aromatic rings. The van der Waals surface area contributed by atoms with E-state index in [1.54, 1.807) is 0 Å². The lowest BCUT2D eigenvalue weighted by molar-refractivity contribution is -0.904. The summed E-state index contributed by atoms with van der Waals surface area (Å²) in [6, 6.07) is 6.37. The summed E-state index contributed by atoms with van der Waals surface area (Å²) in [7, 11) is 8.64. The Kier molecular flexibility index (Phi) is 3.56. The standard InChI is InChI=1S/C15H24N4/c1-17-6-7-18-8-10-19(2,11-9-18)13-15-5-3-4-14(12-17)16-15/h3-5,17H,1-2,6-13H2. The van der Waals surface area contributed by atoms with E-state index in [2.05, 4.69) is 37.2 Å². The minimum absolute atomic E-state index is 0.883. The second kappa shape index (κ2) is 5.19. The van der Waals surface area contributed by atoms with E-state index in [1.807, 2.05) is 0 Å². The van der Waals surface area contributed by atoms with E-state index in [-0.39, 0.29) is 0 Å².